The Hall–Kier alpha value is -3.63. The van der Waals surface area contributed by atoms with Crippen LogP contribution in [0.25, 0.3) is 10.2 Å². The predicted molar refractivity (Wildman–Crippen MR) is 130 cm³/mol. The lowest BCUT2D eigenvalue weighted by atomic mass is 10.2. The second kappa shape index (κ2) is 8.96. The van der Waals surface area contributed by atoms with Crippen molar-refractivity contribution in [3.63, 3.8) is 0 Å². The van der Waals surface area contributed by atoms with E-state index >= 15 is 0 Å². The first kappa shape index (κ1) is 22.2. The van der Waals surface area contributed by atoms with Gasteiger partial charge in [-0.05, 0) is 48.5 Å². The average molecular weight is 496 g/mol. The Labute approximate surface area is 200 Å². The standard InChI is InChI=1S/C24H21N3O5S2/c1-27(15-23-25-19-4-2-3-5-22(19)33-23)24(28)16-6-8-17(9-7-16)26-34(29,30)18-10-11-20-21(14-18)32-13-12-31-20/h2-11,14,26H,12-13,15H2,1H3. The van der Waals surface area contributed by atoms with Gasteiger partial charge in [0.2, 0.25) is 0 Å². The van der Waals surface area contributed by atoms with E-state index in [1.165, 1.54) is 12.1 Å². The van der Waals surface area contributed by atoms with Gasteiger partial charge in [0.25, 0.3) is 15.9 Å². The lowest BCUT2D eigenvalue weighted by Crippen LogP contribution is -2.26. The van der Waals surface area contributed by atoms with E-state index in [1.54, 1.807) is 53.6 Å². The number of para-hydroxylation sites is 1. The number of hydrogen-bond acceptors (Lipinski definition) is 7. The summed E-state index contributed by atoms with van der Waals surface area (Å²) in [5.74, 6) is 0.731. The highest BCUT2D eigenvalue weighted by Gasteiger charge is 2.20. The van der Waals surface area contributed by atoms with E-state index in [2.05, 4.69) is 9.71 Å². The molecule has 0 saturated carbocycles. The average Bonchev–Trinajstić information content (AvgIpc) is 3.26. The number of nitrogens with one attached hydrogen (secondary N) is 1. The van der Waals surface area contributed by atoms with Crippen molar-refractivity contribution in [2.75, 3.05) is 25.0 Å². The maximum atomic E-state index is 12.9. The number of benzene rings is 3. The van der Waals surface area contributed by atoms with E-state index in [-0.39, 0.29) is 10.8 Å². The van der Waals surface area contributed by atoms with Crippen LogP contribution in [0.4, 0.5) is 5.69 Å². The van der Waals surface area contributed by atoms with Crippen LogP contribution in [0.15, 0.2) is 71.6 Å². The summed E-state index contributed by atoms with van der Waals surface area (Å²) in [5.41, 5.74) is 1.71. The molecule has 34 heavy (non-hydrogen) atoms. The van der Waals surface area contributed by atoms with Gasteiger partial charge in [-0.3, -0.25) is 9.52 Å². The van der Waals surface area contributed by atoms with Gasteiger partial charge in [0.1, 0.15) is 18.2 Å². The second-order valence-electron chi connectivity index (χ2n) is 7.72. The number of carbonyl (C=O) groups is 1. The number of sulfonamides is 1. The summed E-state index contributed by atoms with van der Waals surface area (Å²) < 4.78 is 40.1. The highest BCUT2D eigenvalue weighted by atomic mass is 32.2. The molecule has 8 nitrogen and oxygen atoms in total. The number of anilines is 1. The van der Waals surface area contributed by atoms with Crippen molar-refractivity contribution in [1.29, 1.82) is 0 Å². The number of aromatic nitrogens is 1. The lowest BCUT2D eigenvalue weighted by Gasteiger charge is -2.19. The van der Waals surface area contributed by atoms with Crippen LogP contribution >= 0.6 is 11.3 Å². The van der Waals surface area contributed by atoms with E-state index in [0.717, 1.165) is 15.2 Å². The fourth-order valence-electron chi connectivity index (χ4n) is 3.57. The van der Waals surface area contributed by atoms with Gasteiger partial charge < -0.3 is 14.4 Å². The summed E-state index contributed by atoms with van der Waals surface area (Å²) in [6, 6.07) is 18.6. The molecule has 5 rings (SSSR count). The summed E-state index contributed by atoms with van der Waals surface area (Å²) >= 11 is 1.55. The fraction of sp³-hybridized carbons (Fsp3) is 0.167. The fourth-order valence-corrected chi connectivity index (χ4v) is 5.66. The smallest absolute Gasteiger partial charge is 0.262 e. The molecule has 0 atom stereocenters. The number of hydrogen-bond donors (Lipinski definition) is 1. The lowest BCUT2D eigenvalue weighted by molar-refractivity contribution is 0.0785. The number of rotatable bonds is 6. The van der Waals surface area contributed by atoms with Gasteiger partial charge in [-0.15, -0.1) is 11.3 Å². The van der Waals surface area contributed by atoms with Gasteiger partial charge in [0.05, 0.1) is 21.7 Å². The minimum atomic E-state index is -3.84. The van der Waals surface area contributed by atoms with Crippen LogP contribution in [-0.4, -0.2) is 44.5 Å². The maximum absolute atomic E-state index is 12.9. The number of fused-ring (bicyclic) bond motifs is 2. The molecule has 0 radical (unpaired) electrons. The van der Waals surface area contributed by atoms with Gasteiger partial charge >= 0.3 is 0 Å². The molecule has 1 aliphatic rings. The minimum absolute atomic E-state index is 0.0625. The molecular weight excluding hydrogens is 474 g/mol. The third kappa shape index (κ3) is 4.55. The number of ether oxygens (including phenoxy) is 2. The summed E-state index contributed by atoms with van der Waals surface area (Å²) in [4.78, 5) is 19.1. The molecule has 1 aliphatic heterocycles. The molecule has 0 aliphatic carbocycles. The second-order valence-corrected chi connectivity index (χ2v) is 10.5. The quantitative estimate of drug-likeness (QED) is 0.432. The molecular formula is C24H21N3O5S2. The van der Waals surface area contributed by atoms with E-state index in [9.17, 15) is 13.2 Å². The topological polar surface area (TPSA) is 97.8 Å². The molecule has 0 unspecified atom stereocenters. The Kier molecular flexibility index (Phi) is 5.84. The van der Waals surface area contributed by atoms with Crippen molar-refractivity contribution in [1.82, 2.24) is 9.88 Å². The molecule has 174 valence electrons. The predicted octanol–water partition coefficient (Wildman–Crippen LogP) is 4.14. The number of thiazole rings is 1. The van der Waals surface area contributed by atoms with Crippen molar-refractivity contribution in [2.24, 2.45) is 0 Å². The maximum Gasteiger partial charge on any atom is 0.262 e. The Bertz CT molecular complexity index is 1430. The number of carbonyl (C=O) groups excluding carboxylic acids is 1. The third-order valence-electron chi connectivity index (χ3n) is 5.27. The van der Waals surface area contributed by atoms with Crippen LogP contribution in [0.1, 0.15) is 15.4 Å². The molecule has 1 N–H and O–H groups in total. The van der Waals surface area contributed by atoms with Gasteiger partial charge in [0, 0.05) is 24.4 Å². The normalized spacial score (nSPS) is 13.0. The van der Waals surface area contributed by atoms with Crippen molar-refractivity contribution < 1.29 is 22.7 Å². The molecule has 0 bridgehead atoms. The van der Waals surface area contributed by atoms with Crippen molar-refractivity contribution in [2.45, 2.75) is 11.4 Å². The van der Waals surface area contributed by atoms with E-state index in [4.69, 9.17) is 9.47 Å². The highest BCUT2D eigenvalue weighted by Crippen LogP contribution is 2.32. The SMILES string of the molecule is CN(Cc1nc2ccccc2s1)C(=O)c1ccc(NS(=O)(=O)c2ccc3c(c2)OCCO3)cc1. The largest absolute Gasteiger partial charge is 0.486 e. The number of nitrogens with zero attached hydrogens (tertiary/aromatic N) is 2. The molecule has 0 saturated heterocycles. The van der Waals surface area contributed by atoms with Gasteiger partial charge in [-0.1, -0.05) is 12.1 Å². The van der Waals surface area contributed by atoms with Crippen LogP contribution in [0, 0.1) is 0 Å². The van der Waals surface area contributed by atoms with E-state index in [1.807, 2.05) is 24.3 Å². The van der Waals surface area contributed by atoms with Crippen molar-refractivity contribution >= 4 is 43.2 Å². The molecule has 2 heterocycles. The summed E-state index contributed by atoms with van der Waals surface area (Å²) in [7, 11) is -2.12. The first-order valence-electron chi connectivity index (χ1n) is 10.5. The zero-order valence-corrected chi connectivity index (χ0v) is 19.9. The monoisotopic (exact) mass is 495 g/mol. The minimum Gasteiger partial charge on any atom is -0.486 e. The first-order chi connectivity index (χ1) is 16.4. The summed E-state index contributed by atoms with van der Waals surface area (Å²) in [6.07, 6.45) is 0. The molecule has 1 aromatic heterocycles. The molecule has 1 amide bonds. The van der Waals surface area contributed by atoms with E-state index in [0.29, 0.717) is 42.5 Å². The van der Waals surface area contributed by atoms with Crippen LogP contribution in [0.2, 0.25) is 0 Å². The Morgan fingerprint density at radius 1 is 1.03 bits per heavy atom. The van der Waals surface area contributed by atoms with Crippen molar-refractivity contribution in [3.05, 3.63) is 77.3 Å². The molecule has 4 aromatic rings. The molecule has 3 aromatic carbocycles. The van der Waals surface area contributed by atoms with Crippen LogP contribution in [0.5, 0.6) is 11.5 Å². The van der Waals surface area contributed by atoms with Crippen molar-refractivity contribution in [3.8, 4) is 11.5 Å². The zero-order chi connectivity index (χ0) is 23.7. The van der Waals surface area contributed by atoms with Gasteiger partial charge in [0.15, 0.2) is 11.5 Å². The number of amides is 1. The van der Waals surface area contributed by atoms with Crippen LogP contribution in [-0.2, 0) is 16.6 Å². The molecule has 10 heteroatoms. The third-order valence-corrected chi connectivity index (χ3v) is 7.67. The zero-order valence-electron chi connectivity index (χ0n) is 18.2. The van der Waals surface area contributed by atoms with Gasteiger partial charge in [-0.25, -0.2) is 13.4 Å². The van der Waals surface area contributed by atoms with Crippen LogP contribution < -0.4 is 14.2 Å². The highest BCUT2D eigenvalue weighted by molar-refractivity contribution is 7.92. The summed E-state index contributed by atoms with van der Waals surface area (Å²) in [6.45, 7) is 1.18. The Morgan fingerprint density at radius 3 is 2.53 bits per heavy atom. The summed E-state index contributed by atoms with van der Waals surface area (Å²) in [5, 5.41) is 0.848. The molecule has 0 spiro atoms. The Morgan fingerprint density at radius 2 is 1.76 bits per heavy atom. The Balaban J connectivity index is 1.26. The molecule has 0 fully saturated rings. The van der Waals surface area contributed by atoms with Crippen LogP contribution in [0.3, 0.4) is 0 Å². The first-order valence-corrected chi connectivity index (χ1v) is 12.8. The van der Waals surface area contributed by atoms with Gasteiger partial charge in [-0.2, -0.15) is 0 Å². The van der Waals surface area contributed by atoms with E-state index < -0.39 is 10.0 Å².